The third-order valence-corrected chi connectivity index (χ3v) is 4.61. The van der Waals surface area contributed by atoms with E-state index in [1.807, 2.05) is 0 Å². The van der Waals surface area contributed by atoms with Crippen molar-refractivity contribution in [3.8, 4) is 5.69 Å². The number of para-hydroxylation sites is 1. The van der Waals surface area contributed by atoms with Gasteiger partial charge in [-0.1, -0.05) is 18.2 Å². The number of nitro groups is 1. The van der Waals surface area contributed by atoms with Gasteiger partial charge in [-0.25, -0.2) is 9.07 Å². The van der Waals surface area contributed by atoms with E-state index in [0.717, 1.165) is 5.56 Å². The average molecular weight is 366 g/mol. The van der Waals surface area contributed by atoms with Gasteiger partial charge in [-0.15, -0.1) is 0 Å². The molecule has 0 N–H and O–H groups in total. The van der Waals surface area contributed by atoms with Gasteiger partial charge >= 0.3 is 0 Å². The highest BCUT2D eigenvalue weighted by molar-refractivity contribution is 6.06. The Morgan fingerprint density at radius 3 is 2.70 bits per heavy atom. The van der Waals surface area contributed by atoms with E-state index in [2.05, 4.69) is 5.10 Å². The first-order valence-electron chi connectivity index (χ1n) is 8.36. The number of carbonyl (C=O) groups excluding carboxylic acids is 1. The predicted octanol–water partition coefficient (Wildman–Crippen LogP) is 3.43. The van der Waals surface area contributed by atoms with Crippen molar-refractivity contribution in [2.24, 2.45) is 0 Å². The first-order valence-corrected chi connectivity index (χ1v) is 8.36. The van der Waals surface area contributed by atoms with Crippen LogP contribution in [0.25, 0.3) is 5.69 Å². The van der Waals surface area contributed by atoms with E-state index in [-0.39, 0.29) is 23.0 Å². The molecule has 0 radical (unpaired) electrons. The molecule has 1 aliphatic rings. The van der Waals surface area contributed by atoms with E-state index in [0.29, 0.717) is 24.3 Å². The van der Waals surface area contributed by atoms with Crippen molar-refractivity contribution in [2.75, 3.05) is 11.4 Å². The predicted molar refractivity (Wildman–Crippen MR) is 96.7 cm³/mol. The number of rotatable bonds is 3. The number of hydrogen-bond donors (Lipinski definition) is 0. The molecule has 0 spiro atoms. The molecule has 0 unspecified atom stereocenters. The number of hydrogen-bond acceptors (Lipinski definition) is 4. The molecule has 1 aliphatic heterocycles. The van der Waals surface area contributed by atoms with Gasteiger partial charge in [-0.2, -0.15) is 5.10 Å². The van der Waals surface area contributed by atoms with Crippen LogP contribution in [-0.4, -0.2) is 27.2 Å². The van der Waals surface area contributed by atoms with Gasteiger partial charge in [0.25, 0.3) is 11.6 Å². The monoisotopic (exact) mass is 366 g/mol. The SMILES string of the molecule is Cc1cc(C(=O)N2CCc3ccc([N+](=O)[O-])cc32)nn1-c1ccccc1F. The standard InChI is InChI=1S/C19H15FN4O3/c1-12-10-16(21-23(12)17-5-3-2-4-15(17)20)19(25)22-9-8-13-6-7-14(24(26)27)11-18(13)22/h2-7,10-11H,8-9H2,1H3. The Hall–Kier alpha value is -3.55. The van der Waals surface area contributed by atoms with Crippen LogP contribution in [0.2, 0.25) is 0 Å². The maximum absolute atomic E-state index is 14.1. The third kappa shape index (κ3) is 2.84. The lowest BCUT2D eigenvalue weighted by atomic mass is 10.1. The Bertz CT molecular complexity index is 1080. The van der Waals surface area contributed by atoms with Crippen molar-refractivity contribution in [3.63, 3.8) is 0 Å². The molecule has 136 valence electrons. The van der Waals surface area contributed by atoms with Gasteiger partial charge < -0.3 is 4.90 Å². The van der Waals surface area contributed by atoms with Crippen LogP contribution in [0.4, 0.5) is 15.8 Å². The summed E-state index contributed by atoms with van der Waals surface area (Å²) in [5.41, 5.74) is 2.36. The second-order valence-corrected chi connectivity index (χ2v) is 6.31. The number of benzene rings is 2. The van der Waals surface area contributed by atoms with Crippen LogP contribution < -0.4 is 4.90 Å². The van der Waals surface area contributed by atoms with E-state index < -0.39 is 10.7 Å². The maximum Gasteiger partial charge on any atom is 0.278 e. The number of halogens is 1. The summed E-state index contributed by atoms with van der Waals surface area (Å²) in [6, 6.07) is 12.3. The van der Waals surface area contributed by atoms with Crippen molar-refractivity contribution in [1.82, 2.24) is 9.78 Å². The van der Waals surface area contributed by atoms with Gasteiger partial charge in [-0.05, 0) is 37.1 Å². The number of nitrogens with zero attached hydrogens (tertiary/aromatic N) is 4. The average Bonchev–Trinajstić information content (AvgIpc) is 3.24. The number of aromatic nitrogens is 2. The second kappa shape index (κ2) is 6.31. The highest BCUT2D eigenvalue weighted by atomic mass is 19.1. The highest BCUT2D eigenvalue weighted by Gasteiger charge is 2.29. The first-order chi connectivity index (χ1) is 13.0. The summed E-state index contributed by atoms with van der Waals surface area (Å²) in [4.78, 5) is 25.0. The Balaban J connectivity index is 1.70. The number of fused-ring (bicyclic) bond motifs is 1. The smallest absolute Gasteiger partial charge is 0.278 e. The van der Waals surface area contributed by atoms with E-state index >= 15 is 0 Å². The number of amides is 1. The molecule has 0 aliphatic carbocycles. The normalized spacial score (nSPS) is 12.9. The number of anilines is 1. The lowest BCUT2D eigenvalue weighted by Gasteiger charge is -2.15. The van der Waals surface area contributed by atoms with E-state index in [1.54, 1.807) is 37.3 Å². The summed E-state index contributed by atoms with van der Waals surface area (Å²) in [5, 5.41) is 15.3. The van der Waals surface area contributed by atoms with Crippen LogP contribution in [-0.2, 0) is 6.42 Å². The van der Waals surface area contributed by atoms with Crippen LogP contribution in [0.1, 0.15) is 21.7 Å². The number of non-ortho nitro benzene ring substituents is 1. The van der Waals surface area contributed by atoms with Crippen LogP contribution >= 0.6 is 0 Å². The van der Waals surface area contributed by atoms with Crippen LogP contribution in [0.3, 0.4) is 0 Å². The van der Waals surface area contributed by atoms with E-state index in [1.165, 1.54) is 27.8 Å². The fourth-order valence-electron chi connectivity index (χ4n) is 3.28. The summed E-state index contributed by atoms with van der Waals surface area (Å²) in [6.07, 6.45) is 0.617. The summed E-state index contributed by atoms with van der Waals surface area (Å²) in [7, 11) is 0. The summed E-state index contributed by atoms with van der Waals surface area (Å²) in [6.45, 7) is 2.15. The zero-order valence-electron chi connectivity index (χ0n) is 14.4. The van der Waals surface area contributed by atoms with Crippen molar-refractivity contribution in [3.05, 3.63) is 81.4 Å². The largest absolute Gasteiger partial charge is 0.306 e. The molecule has 0 saturated carbocycles. The molecule has 7 nitrogen and oxygen atoms in total. The molecular formula is C19H15FN4O3. The highest BCUT2D eigenvalue weighted by Crippen LogP contribution is 2.32. The summed E-state index contributed by atoms with van der Waals surface area (Å²) >= 11 is 0. The fraction of sp³-hybridized carbons (Fsp3) is 0.158. The topological polar surface area (TPSA) is 81.3 Å². The molecule has 0 atom stereocenters. The van der Waals surface area contributed by atoms with E-state index in [9.17, 15) is 19.3 Å². The van der Waals surface area contributed by atoms with Crippen molar-refractivity contribution in [1.29, 1.82) is 0 Å². The first kappa shape index (κ1) is 16.9. The molecule has 2 aromatic carbocycles. The Morgan fingerprint density at radius 1 is 1.19 bits per heavy atom. The molecule has 4 rings (SSSR count). The molecule has 8 heteroatoms. The van der Waals surface area contributed by atoms with Gasteiger partial charge in [0.2, 0.25) is 0 Å². The van der Waals surface area contributed by atoms with Gasteiger partial charge in [0.05, 0.1) is 10.6 Å². The minimum absolute atomic E-state index is 0.0680. The molecule has 27 heavy (non-hydrogen) atoms. The third-order valence-electron chi connectivity index (χ3n) is 4.61. The fourth-order valence-corrected chi connectivity index (χ4v) is 3.28. The molecule has 3 aromatic rings. The minimum Gasteiger partial charge on any atom is -0.306 e. The van der Waals surface area contributed by atoms with Gasteiger partial charge in [0.1, 0.15) is 11.5 Å². The molecule has 0 saturated heterocycles. The maximum atomic E-state index is 14.1. The van der Waals surface area contributed by atoms with Crippen molar-refractivity contribution < 1.29 is 14.1 Å². The molecule has 0 fully saturated rings. The van der Waals surface area contributed by atoms with Crippen molar-refractivity contribution in [2.45, 2.75) is 13.3 Å². The number of nitro benzene ring substituents is 1. The lowest BCUT2D eigenvalue weighted by Crippen LogP contribution is -2.29. The summed E-state index contributed by atoms with van der Waals surface area (Å²) in [5.74, 6) is -0.808. The van der Waals surface area contributed by atoms with Gasteiger partial charge in [0, 0.05) is 24.4 Å². The van der Waals surface area contributed by atoms with Crippen molar-refractivity contribution >= 4 is 17.3 Å². The zero-order chi connectivity index (χ0) is 19.1. The quantitative estimate of drug-likeness (QED) is 0.525. The van der Waals surface area contributed by atoms with Crippen LogP contribution in [0.5, 0.6) is 0 Å². The Labute approximate surface area is 153 Å². The summed E-state index contributed by atoms with van der Waals surface area (Å²) < 4.78 is 15.4. The molecule has 1 amide bonds. The van der Waals surface area contributed by atoms with Gasteiger partial charge in [-0.3, -0.25) is 14.9 Å². The second-order valence-electron chi connectivity index (χ2n) is 6.31. The molecule has 0 bridgehead atoms. The zero-order valence-corrected chi connectivity index (χ0v) is 14.4. The van der Waals surface area contributed by atoms with Crippen LogP contribution in [0, 0.1) is 22.9 Å². The Kier molecular flexibility index (Phi) is 3.95. The minimum atomic E-state index is -0.488. The molecular weight excluding hydrogens is 351 g/mol. The number of aryl methyl sites for hydroxylation is 1. The van der Waals surface area contributed by atoms with Crippen LogP contribution in [0.15, 0.2) is 48.5 Å². The lowest BCUT2D eigenvalue weighted by molar-refractivity contribution is -0.384. The number of carbonyl (C=O) groups is 1. The van der Waals surface area contributed by atoms with Gasteiger partial charge in [0.15, 0.2) is 5.69 Å². The Morgan fingerprint density at radius 2 is 1.96 bits per heavy atom. The molecule has 1 aromatic heterocycles. The van der Waals surface area contributed by atoms with E-state index in [4.69, 9.17) is 0 Å². The molecule has 2 heterocycles.